The highest BCUT2D eigenvalue weighted by Crippen LogP contribution is 2.22. The van der Waals surface area contributed by atoms with Crippen molar-refractivity contribution in [1.29, 1.82) is 0 Å². The maximum atomic E-state index is 10.6. The average molecular weight is 281 g/mol. The smallest absolute Gasteiger partial charge is 0.328 e. The lowest BCUT2D eigenvalue weighted by Gasteiger charge is -2.35. The largest absolute Gasteiger partial charge is 0.478 e. The van der Waals surface area contributed by atoms with Crippen molar-refractivity contribution in [2.45, 2.75) is 32.6 Å². The molecule has 0 radical (unpaired) electrons. The highest BCUT2D eigenvalue weighted by molar-refractivity contribution is 7.10. The number of hydrogen-bond donors (Lipinski definition) is 1. The standard InChI is InChI=1S/C14H19NO3S/c1-10-7-15(8-11(2)18-10)9-13-12(5-6-19-13)3-4-14(16)17/h3-6,10-11H,7-9H2,1-2H3,(H,16,17)/b4-3+/t10-,11+. The summed E-state index contributed by atoms with van der Waals surface area (Å²) in [6.07, 6.45) is 3.36. The van der Waals surface area contributed by atoms with Gasteiger partial charge >= 0.3 is 5.97 Å². The van der Waals surface area contributed by atoms with Gasteiger partial charge in [-0.1, -0.05) is 0 Å². The van der Waals surface area contributed by atoms with Gasteiger partial charge in [0, 0.05) is 30.6 Å². The maximum Gasteiger partial charge on any atom is 0.328 e. The van der Waals surface area contributed by atoms with Gasteiger partial charge in [-0.05, 0) is 36.9 Å². The van der Waals surface area contributed by atoms with Crippen molar-refractivity contribution >= 4 is 23.4 Å². The molecule has 0 spiro atoms. The van der Waals surface area contributed by atoms with Crippen molar-refractivity contribution in [2.75, 3.05) is 13.1 Å². The van der Waals surface area contributed by atoms with Gasteiger partial charge in [0.1, 0.15) is 0 Å². The summed E-state index contributed by atoms with van der Waals surface area (Å²) in [5.74, 6) is -0.911. The topological polar surface area (TPSA) is 49.8 Å². The Morgan fingerprint density at radius 3 is 2.84 bits per heavy atom. The molecule has 1 N–H and O–H groups in total. The second-order valence-corrected chi connectivity index (χ2v) is 5.92. The fraction of sp³-hybridized carbons (Fsp3) is 0.500. The molecular formula is C14H19NO3S. The zero-order valence-corrected chi connectivity index (χ0v) is 12.0. The fourth-order valence-corrected chi connectivity index (χ4v) is 3.31. The first kappa shape index (κ1) is 14.2. The second kappa shape index (κ2) is 6.32. The molecule has 0 aromatic carbocycles. The fourth-order valence-electron chi connectivity index (χ4n) is 2.41. The first-order valence-electron chi connectivity index (χ1n) is 6.40. The van der Waals surface area contributed by atoms with Crippen LogP contribution in [0.4, 0.5) is 0 Å². The zero-order valence-electron chi connectivity index (χ0n) is 11.2. The molecule has 2 atom stereocenters. The van der Waals surface area contributed by atoms with Crippen LogP contribution in [-0.2, 0) is 16.1 Å². The molecule has 2 heterocycles. The molecule has 19 heavy (non-hydrogen) atoms. The molecule has 5 heteroatoms. The molecule has 1 aliphatic rings. The van der Waals surface area contributed by atoms with E-state index in [1.54, 1.807) is 17.4 Å². The number of nitrogens with zero attached hydrogens (tertiary/aromatic N) is 1. The number of ether oxygens (including phenoxy) is 1. The van der Waals surface area contributed by atoms with E-state index in [1.807, 2.05) is 11.4 Å². The lowest BCUT2D eigenvalue weighted by molar-refractivity contribution is -0.131. The minimum absolute atomic E-state index is 0.252. The second-order valence-electron chi connectivity index (χ2n) is 4.92. The molecule has 0 saturated carbocycles. The van der Waals surface area contributed by atoms with Crippen LogP contribution in [0.2, 0.25) is 0 Å². The minimum atomic E-state index is -0.911. The minimum Gasteiger partial charge on any atom is -0.478 e. The summed E-state index contributed by atoms with van der Waals surface area (Å²) in [7, 11) is 0. The van der Waals surface area contributed by atoms with Gasteiger partial charge in [-0.3, -0.25) is 4.90 Å². The van der Waals surface area contributed by atoms with Gasteiger partial charge < -0.3 is 9.84 Å². The Bertz CT molecular complexity index is 459. The molecule has 1 aromatic heterocycles. The van der Waals surface area contributed by atoms with Crippen molar-refractivity contribution < 1.29 is 14.6 Å². The molecule has 0 unspecified atom stereocenters. The first-order valence-corrected chi connectivity index (χ1v) is 7.27. The van der Waals surface area contributed by atoms with E-state index in [0.717, 1.165) is 25.2 Å². The quantitative estimate of drug-likeness (QED) is 0.861. The molecule has 1 aliphatic heterocycles. The third-order valence-electron chi connectivity index (χ3n) is 3.05. The van der Waals surface area contributed by atoms with Crippen molar-refractivity contribution in [3.8, 4) is 0 Å². The summed E-state index contributed by atoms with van der Waals surface area (Å²) < 4.78 is 5.71. The van der Waals surface area contributed by atoms with E-state index in [0.29, 0.717) is 0 Å². The van der Waals surface area contributed by atoms with Crippen molar-refractivity contribution in [3.05, 3.63) is 28.0 Å². The van der Waals surface area contributed by atoms with Gasteiger partial charge in [-0.2, -0.15) is 0 Å². The van der Waals surface area contributed by atoms with Gasteiger partial charge in [-0.15, -0.1) is 11.3 Å². The van der Waals surface area contributed by atoms with E-state index in [2.05, 4.69) is 18.7 Å². The van der Waals surface area contributed by atoms with E-state index in [9.17, 15) is 4.79 Å². The Morgan fingerprint density at radius 2 is 2.21 bits per heavy atom. The number of carbonyl (C=O) groups is 1. The van der Waals surface area contributed by atoms with Crippen LogP contribution in [0.3, 0.4) is 0 Å². The predicted octanol–water partition coefficient (Wildman–Crippen LogP) is 2.46. The van der Waals surface area contributed by atoms with E-state index < -0.39 is 5.97 Å². The molecule has 4 nitrogen and oxygen atoms in total. The highest BCUT2D eigenvalue weighted by atomic mass is 32.1. The average Bonchev–Trinajstić information content (AvgIpc) is 2.72. The monoisotopic (exact) mass is 281 g/mol. The number of thiophene rings is 1. The molecular weight excluding hydrogens is 262 g/mol. The van der Waals surface area contributed by atoms with Crippen LogP contribution >= 0.6 is 11.3 Å². The predicted molar refractivity (Wildman–Crippen MR) is 76.3 cm³/mol. The molecule has 0 amide bonds. The van der Waals surface area contributed by atoms with E-state index in [1.165, 1.54) is 11.0 Å². The Labute approximate surface area is 117 Å². The molecule has 0 bridgehead atoms. The number of hydrogen-bond acceptors (Lipinski definition) is 4. The van der Waals surface area contributed by atoms with Crippen molar-refractivity contribution in [3.63, 3.8) is 0 Å². The number of rotatable bonds is 4. The zero-order chi connectivity index (χ0) is 13.8. The summed E-state index contributed by atoms with van der Waals surface area (Å²) in [5, 5.41) is 10.7. The Hall–Kier alpha value is -1.17. The van der Waals surface area contributed by atoms with Gasteiger partial charge in [0.05, 0.1) is 12.2 Å². The van der Waals surface area contributed by atoms with Gasteiger partial charge in [0.15, 0.2) is 0 Å². The summed E-state index contributed by atoms with van der Waals surface area (Å²) in [4.78, 5) is 14.1. The molecule has 0 aliphatic carbocycles. The molecule has 1 fully saturated rings. The number of aliphatic carboxylic acids is 1. The number of morpholine rings is 1. The van der Waals surface area contributed by atoms with Crippen LogP contribution in [0.5, 0.6) is 0 Å². The van der Waals surface area contributed by atoms with Crippen LogP contribution in [0, 0.1) is 0 Å². The molecule has 2 rings (SSSR count). The summed E-state index contributed by atoms with van der Waals surface area (Å²) in [5.41, 5.74) is 0.999. The SMILES string of the molecule is C[C@@H]1CN(Cc2sccc2/C=C/C(=O)O)C[C@H](C)O1. The van der Waals surface area contributed by atoms with Crippen LogP contribution in [0.15, 0.2) is 17.5 Å². The van der Waals surface area contributed by atoms with Crippen LogP contribution in [-0.4, -0.2) is 41.3 Å². The van der Waals surface area contributed by atoms with Crippen molar-refractivity contribution in [1.82, 2.24) is 4.90 Å². The number of carboxylic acid groups (broad SMARTS) is 1. The van der Waals surface area contributed by atoms with Gasteiger partial charge in [-0.25, -0.2) is 4.79 Å². The van der Waals surface area contributed by atoms with Gasteiger partial charge in [0.2, 0.25) is 0 Å². The normalized spacial score (nSPS) is 24.9. The van der Waals surface area contributed by atoms with Gasteiger partial charge in [0.25, 0.3) is 0 Å². The van der Waals surface area contributed by atoms with Crippen molar-refractivity contribution in [2.24, 2.45) is 0 Å². The van der Waals surface area contributed by atoms with Crippen LogP contribution < -0.4 is 0 Å². The molecule has 1 saturated heterocycles. The molecule has 1 aromatic rings. The molecule has 104 valence electrons. The summed E-state index contributed by atoms with van der Waals surface area (Å²) >= 11 is 1.67. The Kier molecular flexibility index (Phi) is 4.74. The lowest BCUT2D eigenvalue weighted by atomic mass is 10.2. The third-order valence-corrected chi connectivity index (χ3v) is 3.97. The van der Waals surface area contributed by atoms with E-state index >= 15 is 0 Å². The van der Waals surface area contributed by atoms with E-state index in [4.69, 9.17) is 9.84 Å². The third kappa shape index (κ3) is 4.16. The van der Waals surface area contributed by atoms with Crippen LogP contribution in [0.25, 0.3) is 6.08 Å². The summed E-state index contributed by atoms with van der Waals surface area (Å²) in [6, 6.07) is 1.97. The first-order chi connectivity index (χ1) is 9.04. The summed E-state index contributed by atoms with van der Waals surface area (Å²) in [6.45, 7) is 6.87. The Balaban J connectivity index is 2.03. The van der Waals surface area contributed by atoms with E-state index in [-0.39, 0.29) is 12.2 Å². The highest BCUT2D eigenvalue weighted by Gasteiger charge is 2.22. The lowest BCUT2D eigenvalue weighted by Crippen LogP contribution is -2.44. The Morgan fingerprint density at radius 1 is 1.53 bits per heavy atom. The van der Waals surface area contributed by atoms with Crippen LogP contribution in [0.1, 0.15) is 24.3 Å². The maximum absolute atomic E-state index is 10.6. The number of carboxylic acids is 1.